The largest absolute Gasteiger partial charge is 0.339 e. The topological polar surface area (TPSA) is 98.8 Å². The summed E-state index contributed by atoms with van der Waals surface area (Å²) in [5.74, 6) is -0.861. The van der Waals surface area contributed by atoms with Gasteiger partial charge in [0.25, 0.3) is 11.8 Å². The van der Waals surface area contributed by atoms with Crippen LogP contribution in [0.15, 0.2) is 48.5 Å². The molecule has 2 heterocycles. The number of rotatable bonds is 7. The average Bonchev–Trinajstić information content (AvgIpc) is 2.93. The van der Waals surface area contributed by atoms with E-state index in [0.717, 1.165) is 64.7 Å². The molecule has 2 aromatic carbocycles. The molecule has 0 aromatic heterocycles. The molecular formula is C28H34N4O4. The maximum absolute atomic E-state index is 13.0. The lowest BCUT2D eigenvalue weighted by molar-refractivity contribution is -0.121. The van der Waals surface area contributed by atoms with Gasteiger partial charge >= 0.3 is 0 Å². The lowest BCUT2D eigenvalue weighted by Gasteiger charge is -2.27. The van der Waals surface area contributed by atoms with E-state index in [-0.39, 0.29) is 36.5 Å². The van der Waals surface area contributed by atoms with Gasteiger partial charge in [-0.25, -0.2) is 0 Å². The summed E-state index contributed by atoms with van der Waals surface area (Å²) in [6, 6.07) is 13.9. The molecule has 4 amide bonds. The standard InChI is InChI=1S/C28H34N4O4/c33-25(29-23-13-5-3-11-21(23)27(35)31-17-7-1-8-18-31)15-16-26(34)30-24-14-6-4-12-22(24)28(36)32-19-9-2-10-20-32/h3-6,11-14H,1-2,7-10,15-20H2,(H,29,33)(H,30,34). The van der Waals surface area contributed by atoms with Gasteiger partial charge < -0.3 is 20.4 Å². The van der Waals surface area contributed by atoms with Crippen LogP contribution in [0.2, 0.25) is 0 Å². The molecule has 8 heteroatoms. The summed E-state index contributed by atoms with van der Waals surface area (Å²) in [4.78, 5) is 54.8. The lowest BCUT2D eigenvalue weighted by Crippen LogP contribution is -2.36. The molecule has 0 unspecified atom stereocenters. The van der Waals surface area contributed by atoms with E-state index in [1.807, 2.05) is 9.80 Å². The SMILES string of the molecule is O=C(CCC(=O)Nc1ccccc1C(=O)N1CCCCC1)Nc1ccccc1C(=O)N1CCCCC1. The van der Waals surface area contributed by atoms with Crippen molar-refractivity contribution in [2.75, 3.05) is 36.8 Å². The molecule has 2 aromatic rings. The van der Waals surface area contributed by atoms with Crippen LogP contribution in [-0.4, -0.2) is 59.6 Å². The molecule has 0 radical (unpaired) electrons. The van der Waals surface area contributed by atoms with Crippen molar-refractivity contribution in [2.45, 2.75) is 51.4 Å². The van der Waals surface area contributed by atoms with Crippen LogP contribution in [0.25, 0.3) is 0 Å². The first-order chi connectivity index (χ1) is 17.5. The zero-order valence-corrected chi connectivity index (χ0v) is 20.6. The van der Waals surface area contributed by atoms with Gasteiger partial charge in [0.1, 0.15) is 0 Å². The second kappa shape index (κ2) is 12.3. The third-order valence-corrected chi connectivity index (χ3v) is 6.73. The van der Waals surface area contributed by atoms with Crippen molar-refractivity contribution in [1.29, 1.82) is 0 Å². The Morgan fingerprint density at radius 3 is 1.31 bits per heavy atom. The predicted octanol–water partition coefficient (Wildman–Crippen LogP) is 4.30. The smallest absolute Gasteiger partial charge is 0.255 e. The quantitative estimate of drug-likeness (QED) is 0.605. The van der Waals surface area contributed by atoms with Crippen molar-refractivity contribution in [2.24, 2.45) is 0 Å². The Kier molecular flexibility index (Phi) is 8.71. The van der Waals surface area contributed by atoms with Crippen LogP contribution >= 0.6 is 0 Å². The number of piperidine rings is 2. The summed E-state index contributed by atoms with van der Waals surface area (Å²) >= 11 is 0. The van der Waals surface area contributed by atoms with E-state index in [9.17, 15) is 19.2 Å². The van der Waals surface area contributed by atoms with Crippen LogP contribution in [0, 0.1) is 0 Å². The van der Waals surface area contributed by atoms with Gasteiger partial charge in [-0.2, -0.15) is 0 Å². The van der Waals surface area contributed by atoms with E-state index < -0.39 is 0 Å². The van der Waals surface area contributed by atoms with Gasteiger partial charge in [-0.3, -0.25) is 19.2 Å². The molecule has 0 aliphatic carbocycles. The van der Waals surface area contributed by atoms with Gasteiger partial charge in [0, 0.05) is 39.0 Å². The molecule has 190 valence electrons. The first-order valence-electron chi connectivity index (χ1n) is 12.9. The normalized spacial score (nSPS) is 15.8. The summed E-state index contributed by atoms with van der Waals surface area (Å²) < 4.78 is 0. The zero-order valence-electron chi connectivity index (χ0n) is 20.6. The summed E-state index contributed by atoms with van der Waals surface area (Å²) in [7, 11) is 0. The van der Waals surface area contributed by atoms with Gasteiger partial charge in [0.05, 0.1) is 22.5 Å². The third kappa shape index (κ3) is 6.50. The Labute approximate surface area is 212 Å². The van der Waals surface area contributed by atoms with Crippen molar-refractivity contribution in [3.8, 4) is 0 Å². The van der Waals surface area contributed by atoms with Crippen LogP contribution in [0.1, 0.15) is 72.1 Å². The number of anilines is 2. The second-order valence-corrected chi connectivity index (χ2v) is 9.39. The highest BCUT2D eigenvalue weighted by Gasteiger charge is 2.23. The van der Waals surface area contributed by atoms with Crippen LogP contribution < -0.4 is 10.6 Å². The fourth-order valence-electron chi connectivity index (χ4n) is 4.74. The number of hydrogen-bond donors (Lipinski definition) is 2. The van der Waals surface area contributed by atoms with Crippen molar-refractivity contribution in [1.82, 2.24) is 9.80 Å². The minimum atomic E-state index is -0.346. The Bertz CT molecular complexity index is 1020. The van der Waals surface area contributed by atoms with Crippen LogP contribution in [0.4, 0.5) is 11.4 Å². The monoisotopic (exact) mass is 490 g/mol. The molecule has 4 rings (SSSR count). The molecule has 0 atom stereocenters. The molecule has 2 saturated heterocycles. The van der Waals surface area contributed by atoms with E-state index in [1.165, 1.54) is 0 Å². The highest BCUT2D eigenvalue weighted by atomic mass is 16.2. The fraction of sp³-hybridized carbons (Fsp3) is 0.429. The van der Waals surface area contributed by atoms with Crippen LogP contribution in [0.3, 0.4) is 0 Å². The number of carbonyl (C=O) groups is 4. The predicted molar refractivity (Wildman–Crippen MR) is 139 cm³/mol. The number of para-hydroxylation sites is 2. The van der Waals surface area contributed by atoms with Gasteiger partial charge in [0.2, 0.25) is 11.8 Å². The molecule has 2 N–H and O–H groups in total. The van der Waals surface area contributed by atoms with E-state index in [1.54, 1.807) is 48.5 Å². The zero-order chi connectivity index (χ0) is 25.3. The van der Waals surface area contributed by atoms with Gasteiger partial charge in [-0.05, 0) is 62.8 Å². The number of nitrogens with one attached hydrogen (secondary N) is 2. The maximum atomic E-state index is 13.0. The third-order valence-electron chi connectivity index (χ3n) is 6.73. The number of hydrogen-bond acceptors (Lipinski definition) is 4. The van der Waals surface area contributed by atoms with Crippen molar-refractivity contribution < 1.29 is 19.2 Å². The molecule has 2 aliphatic rings. The first kappa shape index (κ1) is 25.4. The molecule has 36 heavy (non-hydrogen) atoms. The van der Waals surface area contributed by atoms with Crippen molar-refractivity contribution in [3.63, 3.8) is 0 Å². The van der Waals surface area contributed by atoms with Gasteiger partial charge in [-0.15, -0.1) is 0 Å². The first-order valence-corrected chi connectivity index (χ1v) is 12.9. The highest BCUT2D eigenvalue weighted by Crippen LogP contribution is 2.22. The van der Waals surface area contributed by atoms with E-state index >= 15 is 0 Å². The summed E-state index contributed by atoms with van der Waals surface area (Å²) in [5.41, 5.74) is 1.83. The summed E-state index contributed by atoms with van der Waals surface area (Å²) in [6.45, 7) is 2.90. The molecule has 0 bridgehead atoms. The summed E-state index contributed by atoms with van der Waals surface area (Å²) in [6.07, 6.45) is 6.12. The molecule has 2 aliphatic heterocycles. The number of amides is 4. The Morgan fingerprint density at radius 2 is 0.917 bits per heavy atom. The molecule has 0 saturated carbocycles. The van der Waals surface area contributed by atoms with E-state index in [0.29, 0.717) is 22.5 Å². The number of nitrogens with zero attached hydrogens (tertiary/aromatic N) is 2. The number of benzene rings is 2. The maximum Gasteiger partial charge on any atom is 0.255 e. The average molecular weight is 491 g/mol. The minimum Gasteiger partial charge on any atom is -0.339 e. The lowest BCUT2D eigenvalue weighted by atomic mass is 10.1. The molecular weight excluding hydrogens is 456 g/mol. The van der Waals surface area contributed by atoms with Crippen molar-refractivity contribution >= 4 is 35.0 Å². The van der Waals surface area contributed by atoms with E-state index in [4.69, 9.17) is 0 Å². The summed E-state index contributed by atoms with van der Waals surface area (Å²) in [5, 5.41) is 5.59. The minimum absolute atomic E-state index is 0.0414. The Balaban J connectivity index is 1.33. The van der Waals surface area contributed by atoms with Gasteiger partial charge in [0.15, 0.2) is 0 Å². The fourth-order valence-corrected chi connectivity index (χ4v) is 4.74. The van der Waals surface area contributed by atoms with Crippen LogP contribution in [0.5, 0.6) is 0 Å². The number of likely N-dealkylation sites (tertiary alicyclic amines) is 2. The highest BCUT2D eigenvalue weighted by molar-refractivity contribution is 6.06. The molecule has 0 spiro atoms. The van der Waals surface area contributed by atoms with Crippen molar-refractivity contribution in [3.05, 3.63) is 59.7 Å². The Morgan fingerprint density at radius 1 is 0.556 bits per heavy atom. The van der Waals surface area contributed by atoms with Crippen LogP contribution in [-0.2, 0) is 9.59 Å². The van der Waals surface area contributed by atoms with Gasteiger partial charge in [-0.1, -0.05) is 24.3 Å². The molecule has 8 nitrogen and oxygen atoms in total. The Hall–Kier alpha value is -3.68. The second-order valence-electron chi connectivity index (χ2n) is 9.39. The molecule has 2 fully saturated rings. The number of carbonyl (C=O) groups excluding carboxylic acids is 4. The van der Waals surface area contributed by atoms with E-state index in [2.05, 4.69) is 10.6 Å².